The highest BCUT2D eigenvalue weighted by atomic mass is 16.3. The van der Waals surface area contributed by atoms with Gasteiger partial charge in [-0.15, -0.1) is 0 Å². The molecule has 16 heavy (non-hydrogen) atoms. The number of benzene rings is 1. The van der Waals surface area contributed by atoms with E-state index in [0.29, 0.717) is 0 Å². The Labute approximate surface area is 97.5 Å². The van der Waals surface area contributed by atoms with Gasteiger partial charge < -0.3 is 4.42 Å². The second-order valence-corrected chi connectivity index (χ2v) is 4.66. The van der Waals surface area contributed by atoms with Crippen LogP contribution in [0, 0.1) is 20.8 Å². The monoisotopic (exact) mass is 216 g/mol. The second kappa shape index (κ2) is 4.32. The molecule has 0 aliphatic heterocycles. The quantitative estimate of drug-likeness (QED) is 0.724. The van der Waals surface area contributed by atoms with Crippen molar-refractivity contribution in [3.63, 3.8) is 0 Å². The number of rotatable bonds is 3. The van der Waals surface area contributed by atoms with E-state index in [4.69, 9.17) is 4.42 Å². The molecule has 0 radical (unpaired) electrons. The number of aryl methyl sites for hydroxylation is 4. The van der Waals surface area contributed by atoms with Crippen molar-refractivity contribution in [3.05, 3.63) is 34.6 Å². The van der Waals surface area contributed by atoms with E-state index in [2.05, 4.69) is 32.9 Å². The minimum Gasteiger partial charge on any atom is -0.461 e. The van der Waals surface area contributed by atoms with Crippen LogP contribution in [0.2, 0.25) is 0 Å². The lowest BCUT2D eigenvalue weighted by Gasteiger charge is -2.05. The van der Waals surface area contributed by atoms with E-state index in [9.17, 15) is 0 Å². The minimum atomic E-state index is 1.03. The van der Waals surface area contributed by atoms with Crippen molar-refractivity contribution in [1.29, 1.82) is 0 Å². The van der Waals surface area contributed by atoms with Crippen LogP contribution in [0.3, 0.4) is 0 Å². The highest BCUT2D eigenvalue weighted by molar-refractivity contribution is 5.83. The summed E-state index contributed by atoms with van der Waals surface area (Å²) >= 11 is 0. The lowest BCUT2D eigenvalue weighted by molar-refractivity contribution is 0.574. The van der Waals surface area contributed by atoms with Crippen molar-refractivity contribution in [1.82, 2.24) is 0 Å². The van der Waals surface area contributed by atoms with Gasteiger partial charge in [-0.1, -0.05) is 13.3 Å². The van der Waals surface area contributed by atoms with Crippen molar-refractivity contribution >= 4 is 11.0 Å². The standard InChI is InChI=1S/C15H20O/c1-5-6-7-13-9-14-11(3)12(4)16-15(14)8-10(13)2/h8-9H,5-7H2,1-4H3. The normalized spacial score (nSPS) is 11.2. The van der Waals surface area contributed by atoms with Crippen LogP contribution in [0.4, 0.5) is 0 Å². The molecule has 1 aromatic heterocycles. The maximum Gasteiger partial charge on any atom is 0.134 e. The number of unbranched alkanes of at least 4 members (excludes halogenated alkanes) is 1. The third-order valence-corrected chi connectivity index (χ3v) is 3.43. The van der Waals surface area contributed by atoms with Gasteiger partial charge in [0.2, 0.25) is 0 Å². The Bertz CT molecular complexity index is 506. The molecule has 1 heterocycles. The Kier molecular flexibility index (Phi) is 3.04. The summed E-state index contributed by atoms with van der Waals surface area (Å²) in [6.07, 6.45) is 3.70. The Morgan fingerprint density at radius 1 is 1.12 bits per heavy atom. The molecule has 0 unspecified atom stereocenters. The molecule has 0 saturated heterocycles. The van der Waals surface area contributed by atoms with Crippen LogP contribution in [0.25, 0.3) is 11.0 Å². The van der Waals surface area contributed by atoms with E-state index < -0.39 is 0 Å². The molecule has 2 aromatic rings. The van der Waals surface area contributed by atoms with Crippen LogP contribution in [-0.4, -0.2) is 0 Å². The van der Waals surface area contributed by atoms with Crippen LogP contribution in [-0.2, 0) is 6.42 Å². The Balaban J connectivity index is 2.51. The fourth-order valence-electron chi connectivity index (χ4n) is 2.17. The Morgan fingerprint density at radius 2 is 1.88 bits per heavy atom. The van der Waals surface area contributed by atoms with Gasteiger partial charge in [0.25, 0.3) is 0 Å². The van der Waals surface area contributed by atoms with E-state index in [-0.39, 0.29) is 0 Å². The van der Waals surface area contributed by atoms with Gasteiger partial charge in [-0.2, -0.15) is 0 Å². The van der Waals surface area contributed by atoms with Crippen molar-refractivity contribution in [2.45, 2.75) is 47.0 Å². The predicted molar refractivity (Wildman–Crippen MR) is 69.0 cm³/mol. The van der Waals surface area contributed by atoms with Crippen LogP contribution in [0.15, 0.2) is 16.5 Å². The summed E-state index contributed by atoms with van der Waals surface area (Å²) in [6, 6.07) is 4.49. The first-order valence-electron chi connectivity index (χ1n) is 6.12. The van der Waals surface area contributed by atoms with E-state index in [1.807, 2.05) is 6.92 Å². The smallest absolute Gasteiger partial charge is 0.134 e. The van der Waals surface area contributed by atoms with Crippen LogP contribution < -0.4 is 0 Å². The molecular weight excluding hydrogens is 196 g/mol. The fourth-order valence-corrected chi connectivity index (χ4v) is 2.17. The van der Waals surface area contributed by atoms with Gasteiger partial charge in [0.15, 0.2) is 0 Å². The second-order valence-electron chi connectivity index (χ2n) is 4.66. The van der Waals surface area contributed by atoms with Gasteiger partial charge in [-0.25, -0.2) is 0 Å². The van der Waals surface area contributed by atoms with Gasteiger partial charge in [-0.05, 0) is 62.4 Å². The van der Waals surface area contributed by atoms with Gasteiger partial charge in [0.05, 0.1) is 0 Å². The highest BCUT2D eigenvalue weighted by Gasteiger charge is 2.09. The molecule has 0 atom stereocenters. The fraction of sp³-hybridized carbons (Fsp3) is 0.467. The minimum absolute atomic E-state index is 1.03. The Morgan fingerprint density at radius 3 is 2.56 bits per heavy atom. The molecule has 1 aromatic carbocycles. The molecule has 1 heteroatoms. The molecule has 0 amide bonds. The molecule has 0 saturated carbocycles. The van der Waals surface area contributed by atoms with E-state index >= 15 is 0 Å². The Hall–Kier alpha value is -1.24. The average Bonchev–Trinajstić information content (AvgIpc) is 2.52. The zero-order valence-corrected chi connectivity index (χ0v) is 10.7. The molecule has 1 nitrogen and oxygen atoms in total. The number of hydrogen-bond acceptors (Lipinski definition) is 1. The largest absolute Gasteiger partial charge is 0.461 e. The number of hydrogen-bond donors (Lipinski definition) is 0. The first-order chi connectivity index (χ1) is 7.63. The van der Waals surface area contributed by atoms with Crippen LogP contribution >= 0.6 is 0 Å². The van der Waals surface area contributed by atoms with E-state index in [1.54, 1.807) is 0 Å². The van der Waals surface area contributed by atoms with Gasteiger partial charge in [0, 0.05) is 5.39 Å². The van der Waals surface area contributed by atoms with E-state index in [0.717, 1.165) is 11.3 Å². The van der Waals surface area contributed by atoms with Crippen molar-refractivity contribution < 1.29 is 4.42 Å². The summed E-state index contributed by atoms with van der Waals surface area (Å²) in [5, 5.41) is 1.29. The molecule has 0 bridgehead atoms. The van der Waals surface area contributed by atoms with Gasteiger partial charge >= 0.3 is 0 Å². The van der Waals surface area contributed by atoms with Crippen molar-refractivity contribution in [3.8, 4) is 0 Å². The molecule has 86 valence electrons. The van der Waals surface area contributed by atoms with Crippen molar-refractivity contribution in [2.75, 3.05) is 0 Å². The molecule has 0 aliphatic rings. The topological polar surface area (TPSA) is 13.1 Å². The first-order valence-corrected chi connectivity index (χ1v) is 6.12. The lowest BCUT2D eigenvalue weighted by Crippen LogP contribution is -1.89. The number of fused-ring (bicyclic) bond motifs is 1. The summed E-state index contributed by atoms with van der Waals surface area (Å²) in [5.74, 6) is 1.04. The third-order valence-electron chi connectivity index (χ3n) is 3.43. The SMILES string of the molecule is CCCCc1cc2c(C)c(C)oc2cc1C. The first kappa shape index (κ1) is 11.3. The molecule has 2 rings (SSSR count). The highest BCUT2D eigenvalue weighted by Crippen LogP contribution is 2.28. The molecule has 0 N–H and O–H groups in total. The third kappa shape index (κ3) is 1.87. The number of furan rings is 1. The average molecular weight is 216 g/mol. The van der Waals surface area contributed by atoms with Gasteiger partial charge in [-0.3, -0.25) is 0 Å². The molecule has 0 spiro atoms. The summed E-state index contributed by atoms with van der Waals surface area (Å²) < 4.78 is 5.74. The summed E-state index contributed by atoms with van der Waals surface area (Å²) in [6.45, 7) is 8.59. The summed E-state index contributed by atoms with van der Waals surface area (Å²) in [7, 11) is 0. The van der Waals surface area contributed by atoms with Crippen LogP contribution in [0.5, 0.6) is 0 Å². The summed E-state index contributed by atoms with van der Waals surface area (Å²) in [4.78, 5) is 0. The molecule has 0 fully saturated rings. The lowest BCUT2D eigenvalue weighted by atomic mass is 10.00. The predicted octanol–water partition coefficient (Wildman–Crippen LogP) is 4.70. The van der Waals surface area contributed by atoms with E-state index in [1.165, 1.54) is 41.3 Å². The maximum absolute atomic E-state index is 5.74. The van der Waals surface area contributed by atoms with Gasteiger partial charge in [0.1, 0.15) is 11.3 Å². The zero-order valence-electron chi connectivity index (χ0n) is 10.7. The molecular formula is C15H20O. The van der Waals surface area contributed by atoms with Crippen LogP contribution in [0.1, 0.15) is 42.2 Å². The van der Waals surface area contributed by atoms with Crippen molar-refractivity contribution in [2.24, 2.45) is 0 Å². The summed E-state index contributed by atoms with van der Waals surface area (Å²) in [5.41, 5.74) is 5.15. The zero-order chi connectivity index (χ0) is 11.7. The molecule has 0 aliphatic carbocycles. The maximum atomic E-state index is 5.74.